The molecule has 0 saturated carbocycles. The number of nitrogens with zero attached hydrogens (tertiary/aromatic N) is 5. The summed E-state index contributed by atoms with van der Waals surface area (Å²) in [5, 5.41) is 1.04. The van der Waals surface area contributed by atoms with Crippen molar-refractivity contribution in [3.8, 4) is 0 Å². The average molecular weight is 357 g/mol. The second kappa shape index (κ2) is 6.39. The van der Waals surface area contributed by atoms with Gasteiger partial charge in [-0.3, -0.25) is 4.79 Å². The van der Waals surface area contributed by atoms with Gasteiger partial charge in [0, 0.05) is 61.4 Å². The third-order valence-corrected chi connectivity index (χ3v) is 5.17. The Hall–Kier alpha value is -3.41. The van der Waals surface area contributed by atoms with Crippen LogP contribution in [0.25, 0.3) is 16.4 Å². The number of piperazine rings is 1. The Bertz CT molecular complexity index is 1090. The molecule has 0 radical (unpaired) electrons. The van der Waals surface area contributed by atoms with E-state index in [2.05, 4.69) is 27.0 Å². The Morgan fingerprint density at radius 3 is 2.74 bits per heavy atom. The smallest absolute Gasteiger partial charge is 0.255 e. The van der Waals surface area contributed by atoms with E-state index in [1.807, 2.05) is 58.2 Å². The largest absolute Gasteiger partial charge is 0.368 e. The number of amides is 1. The molecule has 1 fully saturated rings. The van der Waals surface area contributed by atoms with Crippen LogP contribution in [0.1, 0.15) is 10.4 Å². The van der Waals surface area contributed by atoms with Crippen molar-refractivity contribution in [3.63, 3.8) is 0 Å². The minimum Gasteiger partial charge on any atom is -0.368 e. The summed E-state index contributed by atoms with van der Waals surface area (Å²) >= 11 is 0. The number of carbonyl (C=O) groups is 1. The molecule has 1 aliphatic rings. The molecule has 0 aliphatic carbocycles. The number of carbonyl (C=O) groups excluding carboxylic acids is 1. The summed E-state index contributed by atoms with van der Waals surface area (Å²) in [6.07, 6.45) is 7.28. The molecule has 0 spiro atoms. The zero-order chi connectivity index (χ0) is 18.2. The van der Waals surface area contributed by atoms with Crippen LogP contribution in [0.2, 0.25) is 0 Å². The van der Waals surface area contributed by atoms with Crippen LogP contribution in [-0.4, -0.2) is 51.4 Å². The van der Waals surface area contributed by atoms with Gasteiger partial charge in [-0.25, -0.2) is 9.97 Å². The van der Waals surface area contributed by atoms with Gasteiger partial charge >= 0.3 is 0 Å². The zero-order valence-electron chi connectivity index (χ0n) is 14.8. The van der Waals surface area contributed by atoms with Gasteiger partial charge in [0.15, 0.2) is 0 Å². The van der Waals surface area contributed by atoms with Gasteiger partial charge in [0.05, 0.1) is 11.1 Å². The molecule has 1 aromatic carbocycles. The second-order valence-electron chi connectivity index (χ2n) is 6.81. The summed E-state index contributed by atoms with van der Waals surface area (Å²) in [6.45, 7) is 3.07. The maximum absolute atomic E-state index is 12.9. The summed E-state index contributed by atoms with van der Waals surface area (Å²) in [7, 11) is 0. The molecule has 3 aromatic heterocycles. The van der Waals surface area contributed by atoms with Gasteiger partial charge < -0.3 is 14.2 Å². The van der Waals surface area contributed by atoms with Crippen molar-refractivity contribution in [1.82, 2.24) is 19.3 Å². The fourth-order valence-corrected chi connectivity index (χ4v) is 3.69. The minimum atomic E-state index is 0.102. The highest BCUT2D eigenvalue weighted by Crippen LogP contribution is 2.22. The van der Waals surface area contributed by atoms with Crippen LogP contribution < -0.4 is 4.90 Å². The van der Waals surface area contributed by atoms with E-state index in [-0.39, 0.29) is 5.91 Å². The van der Waals surface area contributed by atoms with E-state index in [0.29, 0.717) is 13.1 Å². The summed E-state index contributed by atoms with van der Waals surface area (Å²) in [6, 6.07) is 14.2. The summed E-state index contributed by atoms with van der Waals surface area (Å²) < 4.78 is 1.99. The van der Waals surface area contributed by atoms with Gasteiger partial charge in [0.1, 0.15) is 6.33 Å². The summed E-state index contributed by atoms with van der Waals surface area (Å²) in [5.41, 5.74) is 3.89. The third kappa shape index (κ3) is 2.89. The topological polar surface area (TPSA) is 53.7 Å². The maximum atomic E-state index is 12.9. The first kappa shape index (κ1) is 15.8. The van der Waals surface area contributed by atoms with Crippen molar-refractivity contribution in [2.45, 2.75) is 0 Å². The molecule has 6 nitrogen and oxygen atoms in total. The fraction of sp³-hybridized carbons (Fsp3) is 0.190. The van der Waals surface area contributed by atoms with Crippen LogP contribution in [0.4, 0.5) is 5.69 Å². The Morgan fingerprint density at radius 2 is 1.89 bits per heavy atom. The van der Waals surface area contributed by atoms with E-state index in [0.717, 1.165) is 40.8 Å². The SMILES string of the molecule is O=C(c1cc2ccccn2c1)N1CCN(c2ccc3ncncc3c2)CC1. The van der Waals surface area contributed by atoms with Gasteiger partial charge in [0.25, 0.3) is 5.91 Å². The predicted molar refractivity (Wildman–Crippen MR) is 105 cm³/mol. The van der Waals surface area contributed by atoms with Gasteiger partial charge in [-0.1, -0.05) is 6.07 Å². The lowest BCUT2D eigenvalue weighted by atomic mass is 10.2. The van der Waals surface area contributed by atoms with Gasteiger partial charge in [-0.05, 0) is 36.4 Å². The van der Waals surface area contributed by atoms with Crippen LogP contribution in [0.5, 0.6) is 0 Å². The molecular formula is C21H19N5O. The van der Waals surface area contributed by atoms with Gasteiger partial charge in [-0.2, -0.15) is 0 Å². The van der Waals surface area contributed by atoms with E-state index in [4.69, 9.17) is 0 Å². The van der Waals surface area contributed by atoms with Crippen LogP contribution in [0.15, 0.2) is 67.4 Å². The Balaban J connectivity index is 1.30. The van der Waals surface area contributed by atoms with Gasteiger partial charge in [0.2, 0.25) is 0 Å². The number of rotatable bonds is 2. The number of benzene rings is 1. The first-order valence-electron chi connectivity index (χ1n) is 9.09. The lowest BCUT2D eigenvalue weighted by Gasteiger charge is -2.36. The molecule has 1 aliphatic heterocycles. The maximum Gasteiger partial charge on any atom is 0.255 e. The molecule has 0 N–H and O–H groups in total. The van der Waals surface area contributed by atoms with E-state index in [1.165, 1.54) is 0 Å². The van der Waals surface area contributed by atoms with Gasteiger partial charge in [-0.15, -0.1) is 0 Å². The highest BCUT2D eigenvalue weighted by molar-refractivity contribution is 5.95. The Labute approximate surface area is 156 Å². The van der Waals surface area contributed by atoms with E-state index < -0.39 is 0 Å². The van der Waals surface area contributed by atoms with Crippen LogP contribution >= 0.6 is 0 Å². The monoisotopic (exact) mass is 357 g/mol. The molecule has 5 rings (SSSR count). The molecule has 0 bridgehead atoms. The van der Waals surface area contributed by atoms with Crippen molar-refractivity contribution in [1.29, 1.82) is 0 Å². The molecule has 1 saturated heterocycles. The lowest BCUT2D eigenvalue weighted by Crippen LogP contribution is -2.48. The van der Waals surface area contributed by atoms with Crippen molar-refractivity contribution >= 4 is 28.0 Å². The average Bonchev–Trinajstić information content (AvgIpc) is 3.17. The van der Waals surface area contributed by atoms with E-state index in [1.54, 1.807) is 6.33 Å². The normalized spacial score (nSPS) is 14.8. The van der Waals surface area contributed by atoms with Crippen LogP contribution in [0, 0.1) is 0 Å². The number of fused-ring (bicyclic) bond motifs is 2. The summed E-state index contributed by atoms with van der Waals surface area (Å²) in [4.78, 5) is 25.5. The van der Waals surface area contributed by atoms with Crippen molar-refractivity contribution < 1.29 is 4.79 Å². The third-order valence-electron chi connectivity index (χ3n) is 5.17. The van der Waals surface area contributed by atoms with E-state index in [9.17, 15) is 4.79 Å². The quantitative estimate of drug-likeness (QED) is 0.554. The zero-order valence-corrected chi connectivity index (χ0v) is 14.8. The summed E-state index contributed by atoms with van der Waals surface area (Å²) in [5.74, 6) is 0.102. The second-order valence-corrected chi connectivity index (χ2v) is 6.81. The highest BCUT2D eigenvalue weighted by atomic mass is 16.2. The standard InChI is InChI=1S/C21H19N5O/c27-21(17-12-18-3-1-2-6-26(18)14-17)25-9-7-24(8-10-25)19-4-5-20-16(11-19)13-22-15-23-20/h1-6,11-15H,7-10H2. The number of hydrogen-bond acceptors (Lipinski definition) is 4. The first-order valence-corrected chi connectivity index (χ1v) is 9.09. The van der Waals surface area contributed by atoms with Crippen molar-refractivity contribution in [2.24, 2.45) is 0 Å². The molecule has 1 amide bonds. The van der Waals surface area contributed by atoms with Crippen molar-refractivity contribution in [2.75, 3.05) is 31.1 Å². The number of aromatic nitrogens is 3. The number of anilines is 1. The molecule has 134 valence electrons. The molecule has 27 heavy (non-hydrogen) atoms. The minimum absolute atomic E-state index is 0.102. The number of pyridine rings is 1. The van der Waals surface area contributed by atoms with Crippen molar-refractivity contribution in [3.05, 3.63) is 72.9 Å². The molecule has 6 heteroatoms. The molecule has 4 heterocycles. The fourth-order valence-electron chi connectivity index (χ4n) is 3.69. The highest BCUT2D eigenvalue weighted by Gasteiger charge is 2.23. The molecular weight excluding hydrogens is 338 g/mol. The van der Waals surface area contributed by atoms with Crippen LogP contribution in [0.3, 0.4) is 0 Å². The van der Waals surface area contributed by atoms with Crippen LogP contribution in [-0.2, 0) is 0 Å². The molecule has 0 atom stereocenters. The first-order chi connectivity index (χ1) is 13.3. The predicted octanol–water partition coefficient (Wildman–Crippen LogP) is 2.84. The Morgan fingerprint density at radius 1 is 1.00 bits per heavy atom. The van der Waals surface area contributed by atoms with E-state index >= 15 is 0 Å². The molecule has 4 aromatic rings. The number of hydrogen-bond donors (Lipinski definition) is 0. The lowest BCUT2D eigenvalue weighted by molar-refractivity contribution is 0.0747. The Kier molecular flexibility index (Phi) is 3.74. The molecule has 0 unspecified atom stereocenters.